The third kappa shape index (κ3) is 3.90. The van der Waals surface area contributed by atoms with Crippen LogP contribution in [-0.4, -0.2) is 5.75 Å². The first-order valence-electron chi connectivity index (χ1n) is 5.76. The van der Waals surface area contributed by atoms with Crippen LogP contribution in [0.2, 0.25) is 0 Å². The molecule has 16 heavy (non-hydrogen) atoms. The van der Waals surface area contributed by atoms with Crippen LogP contribution in [0.3, 0.4) is 0 Å². The number of hydrogen-bond donors (Lipinski definition) is 0. The fourth-order valence-electron chi connectivity index (χ4n) is 2.10. The third-order valence-electron chi connectivity index (χ3n) is 2.84. The average Bonchev–Trinajstić information content (AvgIpc) is 2.23. The molecule has 1 atom stereocenters. The van der Waals surface area contributed by atoms with E-state index in [1.165, 1.54) is 28.5 Å². The number of hydrogen-bond acceptors (Lipinski definition) is 2. The molecule has 1 rings (SSSR count). The summed E-state index contributed by atoms with van der Waals surface area (Å²) in [5.74, 6) is 1.53. The van der Waals surface area contributed by atoms with Crippen molar-refractivity contribution >= 4 is 11.8 Å². The number of nitrogens with zero attached hydrogens (tertiary/aromatic N) is 1. The zero-order valence-corrected chi connectivity index (χ0v) is 11.1. The molecule has 1 aromatic carbocycles. The lowest BCUT2D eigenvalue weighted by atomic mass is 9.91. The van der Waals surface area contributed by atoms with Gasteiger partial charge in [-0.3, -0.25) is 0 Å². The number of thiocyanates is 1. The lowest BCUT2D eigenvalue weighted by Gasteiger charge is -2.15. The topological polar surface area (TPSA) is 23.8 Å². The average molecular weight is 233 g/mol. The van der Waals surface area contributed by atoms with Gasteiger partial charge in [-0.2, -0.15) is 5.26 Å². The summed E-state index contributed by atoms with van der Waals surface area (Å²) in [5.41, 5.74) is 4.10. The van der Waals surface area contributed by atoms with E-state index in [2.05, 4.69) is 44.4 Å². The zero-order valence-electron chi connectivity index (χ0n) is 10.3. The third-order valence-corrected chi connectivity index (χ3v) is 3.41. The van der Waals surface area contributed by atoms with Crippen molar-refractivity contribution in [2.24, 2.45) is 0 Å². The molecule has 0 fully saturated rings. The second-order valence-electron chi connectivity index (χ2n) is 4.25. The van der Waals surface area contributed by atoms with Crippen LogP contribution in [0.4, 0.5) is 0 Å². The molecule has 0 saturated heterocycles. The van der Waals surface area contributed by atoms with Crippen molar-refractivity contribution in [3.63, 3.8) is 0 Å². The summed E-state index contributed by atoms with van der Waals surface area (Å²) in [6, 6.07) is 6.76. The van der Waals surface area contributed by atoms with Gasteiger partial charge in [0.1, 0.15) is 5.40 Å². The minimum absolute atomic E-state index is 0.597. The maximum atomic E-state index is 8.52. The van der Waals surface area contributed by atoms with Crippen molar-refractivity contribution in [2.75, 3.05) is 5.75 Å². The van der Waals surface area contributed by atoms with Crippen LogP contribution in [0.15, 0.2) is 18.2 Å². The highest BCUT2D eigenvalue weighted by atomic mass is 32.2. The van der Waals surface area contributed by atoms with Gasteiger partial charge in [0.25, 0.3) is 0 Å². The summed E-state index contributed by atoms with van der Waals surface area (Å²) in [5, 5.41) is 10.7. The number of rotatable bonds is 5. The Morgan fingerprint density at radius 3 is 2.38 bits per heavy atom. The molecule has 0 aliphatic rings. The van der Waals surface area contributed by atoms with E-state index in [0.29, 0.717) is 5.92 Å². The van der Waals surface area contributed by atoms with Crippen LogP contribution in [0, 0.1) is 24.5 Å². The van der Waals surface area contributed by atoms with E-state index < -0.39 is 0 Å². The van der Waals surface area contributed by atoms with E-state index in [0.717, 1.165) is 18.6 Å². The van der Waals surface area contributed by atoms with Crippen LogP contribution in [0.1, 0.15) is 42.4 Å². The molecule has 0 heterocycles. The van der Waals surface area contributed by atoms with Crippen molar-refractivity contribution in [1.29, 1.82) is 5.26 Å². The highest BCUT2D eigenvalue weighted by molar-refractivity contribution is 8.03. The number of aryl methyl sites for hydroxylation is 2. The minimum atomic E-state index is 0.597. The first-order chi connectivity index (χ1) is 7.67. The van der Waals surface area contributed by atoms with Gasteiger partial charge in [0.15, 0.2) is 0 Å². The van der Waals surface area contributed by atoms with E-state index >= 15 is 0 Å². The Hall–Kier alpha value is -0.940. The standard InChI is InChI=1S/C14H19NS/c1-4-13(5-6-16-10-15)14-8-11(2)7-12(3)9-14/h7-9,13H,4-6H2,1-3H3. The van der Waals surface area contributed by atoms with Gasteiger partial charge in [0.05, 0.1) is 0 Å². The van der Waals surface area contributed by atoms with Crippen LogP contribution in [0.5, 0.6) is 0 Å². The largest absolute Gasteiger partial charge is 0.185 e. The number of benzene rings is 1. The van der Waals surface area contributed by atoms with Crippen LogP contribution in [0.25, 0.3) is 0 Å². The minimum Gasteiger partial charge on any atom is -0.185 e. The summed E-state index contributed by atoms with van der Waals surface area (Å²) < 4.78 is 0. The first-order valence-corrected chi connectivity index (χ1v) is 6.75. The smallest absolute Gasteiger partial charge is 0.133 e. The molecule has 0 spiro atoms. The molecule has 0 aromatic heterocycles. The molecule has 2 heteroatoms. The van der Waals surface area contributed by atoms with Gasteiger partial charge in [-0.1, -0.05) is 36.2 Å². The van der Waals surface area contributed by atoms with Gasteiger partial charge < -0.3 is 0 Å². The predicted molar refractivity (Wildman–Crippen MR) is 71.6 cm³/mol. The Kier molecular flexibility index (Phi) is 5.42. The van der Waals surface area contributed by atoms with Gasteiger partial charge in [-0.15, -0.1) is 0 Å². The maximum absolute atomic E-state index is 8.52. The highest BCUT2D eigenvalue weighted by Crippen LogP contribution is 2.26. The molecule has 1 unspecified atom stereocenters. The summed E-state index contributed by atoms with van der Waals surface area (Å²) in [4.78, 5) is 0. The second kappa shape index (κ2) is 6.60. The Bertz CT molecular complexity index is 359. The summed E-state index contributed by atoms with van der Waals surface area (Å²) in [7, 11) is 0. The van der Waals surface area contributed by atoms with Gasteiger partial charge in [0.2, 0.25) is 0 Å². The highest BCUT2D eigenvalue weighted by Gasteiger charge is 2.09. The molecule has 0 saturated carbocycles. The summed E-state index contributed by atoms with van der Waals surface area (Å²) >= 11 is 1.36. The zero-order chi connectivity index (χ0) is 12.0. The first kappa shape index (κ1) is 13.1. The Labute approximate surface area is 103 Å². The molecule has 0 aliphatic heterocycles. The quantitative estimate of drug-likeness (QED) is 0.556. The van der Waals surface area contributed by atoms with Crippen LogP contribution >= 0.6 is 11.8 Å². The van der Waals surface area contributed by atoms with Gasteiger partial charge in [-0.05, 0) is 49.9 Å². The number of thioether (sulfide) groups is 1. The molecule has 1 aromatic rings. The Morgan fingerprint density at radius 2 is 1.88 bits per heavy atom. The molecule has 1 nitrogen and oxygen atoms in total. The lowest BCUT2D eigenvalue weighted by Crippen LogP contribution is -2.00. The van der Waals surface area contributed by atoms with Crippen LogP contribution < -0.4 is 0 Å². The fraction of sp³-hybridized carbons (Fsp3) is 0.500. The number of nitriles is 1. The van der Waals surface area contributed by atoms with Crippen molar-refractivity contribution in [2.45, 2.75) is 39.5 Å². The van der Waals surface area contributed by atoms with Crippen molar-refractivity contribution < 1.29 is 0 Å². The summed E-state index contributed by atoms with van der Waals surface area (Å²) in [6.07, 6.45) is 2.24. The molecule has 0 amide bonds. The SMILES string of the molecule is CCC(CCSC#N)c1cc(C)cc(C)c1. The molecular formula is C14H19NS. The monoisotopic (exact) mass is 233 g/mol. The van der Waals surface area contributed by atoms with Crippen molar-refractivity contribution in [3.05, 3.63) is 34.9 Å². The molecule has 0 radical (unpaired) electrons. The normalized spacial score (nSPS) is 12.1. The molecule has 86 valence electrons. The second-order valence-corrected chi connectivity index (χ2v) is 5.13. The lowest BCUT2D eigenvalue weighted by molar-refractivity contribution is 0.646. The van der Waals surface area contributed by atoms with E-state index in [1.54, 1.807) is 0 Å². The van der Waals surface area contributed by atoms with E-state index in [-0.39, 0.29) is 0 Å². The Balaban J connectivity index is 2.74. The predicted octanol–water partition coefficient (Wildman–Crippen LogP) is 4.40. The molecule has 0 N–H and O–H groups in total. The van der Waals surface area contributed by atoms with Gasteiger partial charge in [-0.25, -0.2) is 0 Å². The van der Waals surface area contributed by atoms with E-state index in [9.17, 15) is 0 Å². The van der Waals surface area contributed by atoms with Gasteiger partial charge in [0, 0.05) is 5.75 Å². The van der Waals surface area contributed by atoms with Crippen molar-refractivity contribution in [1.82, 2.24) is 0 Å². The molecular weight excluding hydrogens is 214 g/mol. The van der Waals surface area contributed by atoms with Crippen molar-refractivity contribution in [3.8, 4) is 5.40 Å². The fourth-order valence-corrected chi connectivity index (χ4v) is 2.59. The Morgan fingerprint density at radius 1 is 1.25 bits per heavy atom. The summed E-state index contributed by atoms with van der Waals surface area (Å²) in [6.45, 7) is 6.51. The van der Waals surface area contributed by atoms with Crippen LogP contribution in [-0.2, 0) is 0 Å². The van der Waals surface area contributed by atoms with Gasteiger partial charge >= 0.3 is 0 Å². The molecule has 0 aliphatic carbocycles. The van der Waals surface area contributed by atoms with E-state index in [4.69, 9.17) is 5.26 Å². The maximum Gasteiger partial charge on any atom is 0.133 e. The van der Waals surface area contributed by atoms with E-state index in [1.807, 2.05) is 0 Å². The molecule has 0 bridgehead atoms.